The van der Waals surface area contributed by atoms with E-state index in [4.69, 9.17) is 4.42 Å². The van der Waals surface area contributed by atoms with Crippen LogP contribution in [0.3, 0.4) is 0 Å². The van der Waals surface area contributed by atoms with Gasteiger partial charge in [-0.15, -0.1) is 10.2 Å². The number of para-hydroxylation sites is 1. The van der Waals surface area contributed by atoms with Crippen molar-refractivity contribution in [2.24, 2.45) is 0 Å². The number of Topliss-reactive ketones (excluding diaryl/α,β-unsaturated/α-hetero) is 1. The van der Waals surface area contributed by atoms with Gasteiger partial charge in [0.05, 0.1) is 5.56 Å². The molecule has 1 N–H and O–H groups in total. The van der Waals surface area contributed by atoms with Crippen LogP contribution in [0, 0.1) is 0 Å². The second kappa shape index (κ2) is 7.71. The van der Waals surface area contributed by atoms with Gasteiger partial charge >= 0.3 is 0 Å². The first-order valence-corrected chi connectivity index (χ1v) is 9.36. The summed E-state index contributed by atoms with van der Waals surface area (Å²) in [5.41, 5.74) is 2.95. The molecule has 0 bridgehead atoms. The standard InChI is InChI=1S/C22H20N4O3/c1-3-21-24-25-22(29-21)18-12-26(19-7-5-4-6-17(18)19)13-20(28)23-16-10-8-15(9-11-16)14(2)27/h4-12H,3,13H2,1-2H3,(H,23,28). The molecule has 4 rings (SSSR count). The smallest absolute Gasteiger partial charge is 0.249 e. The molecule has 2 aromatic carbocycles. The number of benzene rings is 2. The molecule has 1 amide bonds. The van der Waals surface area contributed by atoms with Crippen LogP contribution in [0.4, 0.5) is 5.69 Å². The Morgan fingerprint density at radius 3 is 2.52 bits per heavy atom. The number of nitrogens with one attached hydrogen (secondary N) is 1. The lowest BCUT2D eigenvalue weighted by Gasteiger charge is -2.08. The largest absolute Gasteiger partial charge is 0.421 e. The van der Waals surface area contributed by atoms with E-state index in [1.54, 1.807) is 24.3 Å². The lowest BCUT2D eigenvalue weighted by Crippen LogP contribution is -2.18. The Balaban J connectivity index is 1.59. The summed E-state index contributed by atoms with van der Waals surface area (Å²) < 4.78 is 7.57. The predicted molar refractivity (Wildman–Crippen MR) is 110 cm³/mol. The van der Waals surface area contributed by atoms with Crippen molar-refractivity contribution in [1.29, 1.82) is 0 Å². The van der Waals surface area contributed by atoms with Crippen molar-refractivity contribution in [3.8, 4) is 11.5 Å². The summed E-state index contributed by atoms with van der Waals surface area (Å²) in [6.45, 7) is 3.59. The molecule has 4 aromatic rings. The molecule has 0 spiro atoms. The number of anilines is 1. The molecule has 29 heavy (non-hydrogen) atoms. The summed E-state index contributed by atoms with van der Waals surface area (Å²) >= 11 is 0. The number of carbonyl (C=O) groups excluding carboxylic acids is 2. The molecule has 0 aliphatic heterocycles. The highest BCUT2D eigenvalue weighted by molar-refractivity contribution is 5.97. The number of aromatic nitrogens is 3. The summed E-state index contributed by atoms with van der Waals surface area (Å²) in [6, 6.07) is 14.6. The summed E-state index contributed by atoms with van der Waals surface area (Å²) in [5, 5.41) is 12.0. The second-order valence-corrected chi connectivity index (χ2v) is 6.72. The van der Waals surface area contributed by atoms with Crippen LogP contribution in [-0.4, -0.2) is 26.5 Å². The number of hydrogen-bond acceptors (Lipinski definition) is 5. The fourth-order valence-corrected chi connectivity index (χ4v) is 3.20. The maximum absolute atomic E-state index is 12.6. The second-order valence-electron chi connectivity index (χ2n) is 6.72. The van der Waals surface area contributed by atoms with Crippen LogP contribution in [0.25, 0.3) is 22.4 Å². The van der Waals surface area contributed by atoms with Crippen LogP contribution in [-0.2, 0) is 17.8 Å². The molecular formula is C22H20N4O3. The van der Waals surface area contributed by atoms with Crippen molar-refractivity contribution in [3.63, 3.8) is 0 Å². The zero-order valence-corrected chi connectivity index (χ0v) is 16.2. The van der Waals surface area contributed by atoms with Crippen molar-refractivity contribution in [2.45, 2.75) is 26.8 Å². The highest BCUT2D eigenvalue weighted by Crippen LogP contribution is 2.30. The predicted octanol–water partition coefficient (Wildman–Crippen LogP) is 4.10. The molecule has 0 atom stereocenters. The highest BCUT2D eigenvalue weighted by atomic mass is 16.4. The first-order valence-electron chi connectivity index (χ1n) is 9.36. The molecule has 2 aromatic heterocycles. The van der Waals surface area contributed by atoms with Crippen LogP contribution >= 0.6 is 0 Å². The molecule has 0 aliphatic carbocycles. The van der Waals surface area contributed by atoms with Crippen molar-refractivity contribution in [1.82, 2.24) is 14.8 Å². The van der Waals surface area contributed by atoms with Crippen LogP contribution in [0.1, 0.15) is 30.1 Å². The van der Waals surface area contributed by atoms with Gasteiger partial charge in [0.25, 0.3) is 0 Å². The molecule has 146 valence electrons. The normalized spacial score (nSPS) is 11.0. The first kappa shape index (κ1) is 18.6. The number of carbonyl (C=O) groups is 2. The van der Waals surface area contributed by atoms with Gasteiger partial charge < -0.3 is 14.3 Å². The van der Waals surface area contributed by atoms with Crippen molar-refractivity contribution < 1.29 is 14.0 Å². The fraction of sp³-hybridized carbons (Fsp3) is 0.182. The molecular weight excluding hydrogens is 368 g/mol. The third-order valence-corrected chi connectivity index (χ3v) is 4.68. The van der Waals surface area contributed by atoms with E-state index in [1.807, 2.05) is 42.0 Å². The van der Waals surface area contributed by atoms with Gasteiger partial charge in [-0.05, 0) is 37.3 Å². The Bertz CT molecular complexity index is 1190. The van der Waals surface area contributed by atoms with Gasteiger partial charge in [-0.1, -0.05) is 25.1 Å². The van der Waals surface area contributed by atoms with Gasteiger partial charge in [0.2, 0.25) is 17.7 Å². The molecule has 7 nitrogen and oxygen atoms in total. The number of hydrogen-bond donors (Lipinski definition) is 1. The average molecular weight is 388 g/mol. The van der Waals surface area contributed by atoms with Crippen molar-refractivity contribution in [3.05, 3.63) is 66.2 Å². The van der Waals surface area contributed by atoms with E-state index in [0.29, 0.717) is 29.5 Å². The van der Waals surface area contributed by atoms with Crippen LogP contribution < -0.4 is 5.32 Å². The number of aryl methyl sites for hydroxylation is 1. The summed E-state index contributed by atoms with van der Waals surface area (Å²) in [5.74, 6) is 0.828. The van der Waals surface area contributed by atoms with E-state index in [2.05, 4.69) is 15.5 Å². The molecule has 0 radical (unpaired) electrons. The molecule has 0 saturated heterocycles. The number of ketones is 1. The van der Waals surface area contributed by atoms with E-state index in [-0.39, 0.29) is 18.2 Å². The fourth-order valence-electron chi connectivity index (χ4n) is 3.20. The lowest BCUT2D eigenvalue weighted by molar-refractivity contribution is -0.116. The Kier molecular flexibility index (Phi) is 4.95. The molecule has 0 fully saturated rings. The van der Waals surface area contributed by atoms with Gasteiger partial charge in [0, 0.05) is 34.8 Å². The Morgan fingerprint density at radius 1 is 1.07 bits per heavy atom. The number of fused-ring (bicyclic) bond motifs is 1. The number of amides is 1. The van der Waals surface area contributed by atoms with Crippen molar-refractivity contribution in [2.75, 3.05) is 5.32 Å². The monoisotopic (exact) mass is 388 g/mol. The quantitative estimate of drug-likeness (QED) is 0.502. The van der Waals surface area contributed by atoms with Crippen LogP contribution in [0.2, 0.25) is 0 Å². The third kappa shape index (κ3) is 3.80. The number of nitrogens with zero attached hydrogens (tertiary/aromatic N) is 3. The van der Waals surface area contributed by atoms with Gasteiger partial charge in [-0.2, -0.15) is 0 Å². The average Bonchev–Trinajstić information content (AvgIpc) is 3.33. The maximum Gasteiger partial charge on any atom is 0.249 e. The zero-order valence-electron chi connectivity index (χ0n) is 16.2. The van der Waals surface area contributed by atoms with Gasteiger partial charge in [-0.3, -0.25) is 9.59 Å². The molecule has 2 heterocycles. The van der Waals surface area contributed by atoms with Crippen LogP contribution in [0.15, 0.2) is 59.1 Å². The van der Waals surface area contributed by atoms with Gasteiger partial charge in [0.1, 0.15) is 6.54 Å². The van der Waals surface area contributed by atoms with E-state index in [1.165, 1.54) is 6.92 Å². The minimum Gasteiger partial charge on any atom is -0.421 e. The summed E-state index contributed by atoms with van der Waals surface area (Å²) in [7, 11) is 0. The first-order chi connectivity index (χ1) is 14.0. The van der Waals surface area contributed by atoms with Crippen molar-refractivity contribution >= 4 is 28.3 Å². The minimum absolute atomic E-state index is 0.0125. The van der Waals surface area contributed by atoms with Crippen LogP contribution in [0.5, 0.6) is 0 Å². The van der Waals surface area contributed by atoms with E-state index in [0.717, 1.165) is 16.5 Å². The topological polar surface area (TPSA) is 90.0 Å². The Hall–Kier alpha value is -3.74. The van der Waals surface area contributed by atoms with E-state index in [9.17, 15) is 9.59 Å². The van der Waals surface area contributed by atoms with Gasteiger partial charge in [-0.25, -0.2) is 0 Å². The zero-order chi connectivity index (χ0) is 20.4. The SMILES string of the molecule is CCc1nnc(-c2cn(CC(=O)Nc3ccc(C(C)=O)cc3)c3ccccc23)o1. The summed E-state index contributed by atoms with van der Waals surface area (Å²) in [4.78, 5) is 24.0. The third-order valence-electron chi connectivity index (χ3n) is 4.68. The molecule has 0 unspecified atom stereocenters. The summed E-state index contributed by atoms with van der Waals surface area (Å²) in [6.07, 6.45) is 2.52. The maximum atomic E-state index is 12.6. The molecule has 0 aliphatic rings. The minimum atomic E-state index is -0.173. The Labute approximate surface area is 167 Å². The highest BCUT2D eigenvalue weighted by Gasteiger charge is 2.16. The molecule has 0 saturated carbocycles. The molecule has 7 heteroatoms. The van der Waals surface area contributed by atoms with E-state index < -0.39 is 0 Å². The Morgan fingerprint density at radius 2 is 1.83 bits per heavy atom. The number of rotatable bonds is 6. The lowest BCUT2D eigenvalue weighted by atomic mass is 10.1. The van der Waals surface area contributed by atoms with E-state index >= 15 is 0 Å². The van der Waals surface area contributed by atoms with Gasteiger partial charge in [0.15, 0.2) is 5.78 Å².